The lowest BCUT2D eigenvalue weighted by Gasteiger charge is -2.10. The molecule has 7 heteroatoms. The number of carbonyl (C=O) groups is 1. The fraction of sp³-hybridized carbons (Fsp3) is 0.100. The number of aromatic amines is 1. The topological polar surface area (TPSA) is 84.0 Å². The lowest BCUT2D eigenvalue weighted by atomic mass is 10.2. The minimum atomic E-state index is -0.146. The van der Waals surface area contributed by atoms with Crippen molar-refractivity contribution in [1.29, 1.82) is 0 Å². The van der Waals surface area contributed by atoms with Crippen molar-refractivity contribution in [2.24, 2.45) is 0 Å². The number of rotatable bonds is 4. The zero-order valence-electron chi connectivity index (χ0n) is 14.9. The van der Waals surface area contributed by atoms with Gasteiger partial charge in [-0.2, -0.15) is 0 Å². The predicted molar refractivity (Wildman–Crippen MR) is 102 cm³/mol. The second-order valence-corrected chi connectivity index (χ2v) is 6.20. The van der Waals surface area contributed by atoms with Gasteiger partial charge < -0.3 is 14.6 Å². The summed E-state index contributed by atoms with van der Waals surface area (Å²) in [4.78, 5) is 29.3. The van der Waals surface area contributed by atoms with E-state index in [4.69, 9.17) is 4.74 Å². The molecule has 134 valence electrons. The summed E-state index contributed by atoms with van der Waals surface area (Å²) in [6.45, 7) is 0. The van der Waals surface area contributed by atoms with Crippen molar-refractivity contribution in [3.63, 3.8) is 0 Å². The van der Waals surface area contributed by atoms with E-state index < -0.39 is 0 Å². The highest BCUT2D eigenvalue weighted by molar-refractivity contribution is 5.92. The maximum absolute atomic E-state index is 11.9. The van der Waals surface area contributed by atoms with Crippen LogP contribution in [-0.2, 0) is 0 Å². The SMILES string of the molecule is CN(C)C(=O)c1ccc(Oc2ccc3[nH]c(-c4cnccn4)cc3c2)cn1. The average molecular weight is 359 g/mol. The van der Waals surface area contributed by atoms with Crippen LogP contribution >= 0.6 is 0 Å². The second-order valence-electron chi connectivity index (χ2n) is 6.20. The molecule has 27 heavy (non-hydrogen) atoms. The number of ether oxygens (including phenoxy) is 1. The van der Waals surface area contributed by atoms with Gasteiger partial charge in [-0.15, -0.1) is 0 Å². The van der Waals surface area contributed by atoms with Crippen LogP contribution < -0.4 is 4.74 Å². The Bertz CT molecular complexity index is 1090. The van der Waals surface area contributed by atoms with Gasteiger partial charge in [0.15, 0.2) is 0 Å². The van der Waals surface area contributed by atoms with Gasteiger partial charge in [-0.3, -0.25) is 14.8 Å². The van der Waals surface area contributed by atoms with E-state index in [0.717, 1.165) is 22.3 Å². The van der Waals surface area contributed by atoms with Crippen molar-refractivity contribution >= 4 is 16.8 Å². The monoisotopic (exact) mass is 359 g/mol. The Hall–Kier alpha value is -3.74. The Morgan fingerprint density at radius 2 is 1.85 bits per heavy atom. The summed E-state index contributed by atoms with van der Waals surface area (Å²) in [5.41, 5.74) is 3.03. The molecular weight excluding hydrogens is 342 g/mol. The zero-order valence-corrected chi connectivity index (χ0v) is 14.9. The van der Waals surface area contributed by atoms with Crippen LogP contribution in [0.4, 0.5) is 0 Å². The molecule has 0 saturated heterocycles. The molecule has 3 aromatic heterocycles. The van der Waals surface area contributed by atoms with E-state index in [1.165, 1.54) is 4.90 Å². The zero-order chi connectivity index (χ0) is 18.8. The first-order valence-corrected chi connectivity index (χ1v) is 8.35. The van der Waals surface area contributed by atoms with Crippen LogP contribution in [0.2, 0.25) is 0 Å². The van der Waals surface area contributed by atoms with Gasteiger partial charge in [0, 0.05) is 37.4 Å². The van der Waals surface area contributed by atoms with Gasteiger partial charge in [-0.25, -0.2) is 4.98 Å². The van der Waals surface area contributed by atoms with Crippen molar-refractivity contribution in [2.75, 3.05) is 14.1 Å². The third kappa shape index (κ3) is 3.48. The van der Waals surface area contributed by atoms with Gasteiger partial charge in [0.05, 0.1) is 18.1 Å². The van der Waals surface area contributed by atoms with E-state index >= 15 is 0 Å². The highest BCUT2D eigenvalue weighted by atomic mass is 16.5. The molecule has 4 rings (SSSR count). The first kappa shape index (κ1) is 16.7. The Balaban J connectivity index is 1.56. The molecule has 1 aromatic carbocycles. The normalized spacial score (nSPS) is 10.7. The fourth-order valence-corrected chi connectivity index (χ4v) is 2.68. The smallest absolute Gasteiger partial charge is 0.271 e. The Kier molecular flexibility index (Phi) is 4.25. The van der Waals surface area contributed by atoms with Crippen LogP contribution in [0.25, 0.3) is 22.3 Å². The van der Waals surface area contributed by atoms with Crippen molar-refractivity contribution in [1.82, 2.24) is 24.8 Å². The van der Waals surface area contributed by atoms with E-state index in [2.05, 4.69) is 19.9 Å². The Labute approximate surface area is 155 Å². The summed E-state index contributed by atoms with van der Waals surface area (Å²) in [5, 5.41) is 1.00. The minimum absolute atomic E-state index is 0.146. The number of carbonyl (C=O) groups excluding carboxylic acids is 1. The summed E-state index contributed by atoms with van der Waals surface area (Å²) < 4.78 is 5.87. The summed E-state index contributed by atoms with van der Waals surface area (Å²) in [7, 11) is 3.38. The number of amides is 1. The average Bonchev–Trinajstić information content (AvgIpc) is 3.12. The third-order valence-corrected chi connectivity index (χ3v) is 4.03. The van der Waals surface area contributed by atoms with Crippen LogP contribution in [0.1, 0.15) is 10.5 Å². The van der Waals surface area contributed by atoms with Crippen molar-refractivity contribution in [3.8, 4) is 22.9 Å². The van der Waals surface area contributed by atoms with Crippen LogP contribution in [0.3, 0.4) is 0 Å². The van der Waals surface area contributed by atoms with Crippen LogP contribution in [0.5, 0.6) is 11.5 Å². The molecule has 0 radical (unpaired) electrons. The highest BCUT2D eigenvalue weighted by Crippen LogP contribution is 2.28. The standard InChI is InChI=1S/C20H17N5O2/c1-25(2)20(26)17-6-4-15(11-23-17)27-14-3-5-16-13(9-14)10-18(24-16)19-12-21-7-8-22-19/h3-12,24H,1-2H3. The Morgan fingerprint density at radius 1 is 1.00 bits per heavy atom. The molecule has 0 spiro atoms. The van der Waals surface area contributed by atoms with Gasteiger partial charge in [-0.1, -0.05) is 0 Å². The van der Waals surface area contributed by atoms with Crippen molar-refractivity contribution in [3.05, 3.63) is 66.9 Å². The molecule has 1 N–H and O–H groups in total. The lowest BCUT2D eigenvalue weighted by Crippen LogP contribution is -2.22. The van der Waals surface area contributed by atoms with Crippen LogP contribution in [-0.4, -0.2) is 44.8 Å². The van der Waals surface area contributed by atoms with Gasteiger partial charge in [0.2, 0.25) is 0 Å². The predicted octanol–water partition coefficient (Wildman–Crippen LogP) is 3.51. The number of nitrogens with one attached hydrogen (secondary N) is 1. The molecule has 7 nitrogen and oxygen atoms in total. The van der Waals surface area contributed by atoms with Crippen molar-refractivity contribution in [2.45, 2.75) is 0 Å². The maximum Gasteiger partial charge on any atom is 0.271 e. The van der Waals surface area contributed by atoms with E-state index in [1.54, 1.807) is 51.0 Å². The van der Waals surface area contributed by atoms with Gasteiger partial charge in [-0.05, 0) is 36.4 Å². The highest BCUT2D eigenvalue weighted by Gasteiger charge is 2.10. The number of fused-ring (bicyclic) bond motifs is 1. The number of hydrogen-bond donors (Lipinski definition) is 1. The van der Waals surface area contributed by atoms with Crippen LogP contribution in [0, 0.1) is 0 Å². The van der Waals surface area contributed by atoms with E-state index in [9.17, 15) is 4.79 Å². The van der Waals surface area contributed by atoms with Crippen LogP contribution in [0.15, 0.2) is 61.2 Å². The molecule has 0 fully saturated rings. The molecule has 0 unspecified atom stereocenters. The number of aromatic nitrogens is 4. The molecule has 0 bridgehead atoms. The molecule has 0 atom stereocenters. The summed E-state index contributed by atoms with van der Waals surface area (Å²) in [6, 6.07) is 11.1. The molecule has 4 aromatic rings. The van der Waals surface area contributed by atoms with E-state index in [0.29, 0.717) is 17.2 Å². The number of benzene rings is 1. The first-order valence-electron chi connectivity index (χ1n) is 8.35. The summed E-state index contributed by atoms with van der Waals surface area (Å²) in [5.74, 6) is 1.10. The number of hydrogen-bond acceptors (Lipinski definition) is 5. The number of nitrogens with zero attached hydrogens (tertiary/aromatic N) is 4. The first-order chi connectivity index (χ1) is 13.1. The number of H-pyrrole nitrogens is 1. The fourth-order valence-electron chi connectivity index (χ4n) is 2.68. The van der Waals surface area contributed by atoms with E-state index in [1.807, 2.05) is 24.3 Å². The van der Waals surface area contributed by atoms with E-state index in [-0.39, 0.29) is 5.91 Å². The summed E-state index contributed by atoms with van der Waals surface area (Å²) >= 11 is 0. The third-order valence-electron chi connectivity index (χ3n) is 4.03. The van der Waals surface area contributed by atoms with Gasteiger partial charge in [0.1, 0.15) is 22.9 Å². The van der Waals surface area contributed by atoms with Crippen molar-refractivity contribution < 1.29 is 9.53 Å². The maximum atomic E-state index is 11.9. The second kappa shape index (κ2) is 6.87. The molecule has 0 aliphatic rings. The molecule has 0 aliphatic heterocycles. The molecule has 0 saturated carbocycles. The summed E-state index contributed by atoms with van der Waals surface area (Å²) in [6.07, 6.45) is 6.56. The van der Waals surface area contributed by atoms with Gasteiger partial charge >= 0.3 is 0 Å². The Morgan fingerprint density at radius 3 is 2.56 bits per heavy atom. The molecule has 3 heterocycles. The molecule has 0 aliphatic carbocycles. The van der Waals surface area contributed by atoms with Gasteiger partial charge in [0.25, 0.3) is 5.91 Å². The quantitative estimate of drug-likeness (QED) is 0.603. The lowest BCUT2D eigenvalue weighted by molar-refractivity contribution is 0.0822. The molecular formula is C20H17N5O2. The molecule has 1 amide bonds. The number of pyridine rings is 1. The largest absolute Gasteiger partial charge is 0.456 e. The minimum Gasteiger partial charge on any atom is -0.456 e.